The van der Waals surface area contributed by atoms with Crippen molar-refractivity contribution in [3.63, 3.8) is 0 Å². The molecule has 0 aromatic carbocycles. The van der Waals surface area contributed by atoms with Crippen LogP contribution in [0, 0.1) is 0 Å². The van der Waals surface area contributed by atoms with E-state index in [1.807, 2.05) is 12.1 Å². The van der Waals surface area contributed by atoms with Crippen molar-refractivity contribution in [3.05, 3.63) is 22.8 Å². The van der Waals surface area contributed by atoms with E-state index < -0.39 is 0 Å². The van der Waals surface area contributed by atoms with Crippen LogP contribution in [0.25, 0.3) is 0 Å². The first kappa shape index (κ1) is 8.53. The molecule has 1 aliphatic rings. The second-order valence-electron chi connectivity index (χ2n) is 2.56. The zero-order valence-electron chi connectivity index (χ0n) is 6.37. The lowest BCUT2D eigenvalue weighted by Crippen LogP contribution is -1.90. The summed E-state index contributed by atoms with van der Waals surface area (Å²) in [6.45, 7) is 0.914. The average molecular weight is 246 g/mol. The summed E-state index contributed by atoms with van der Waals surface area (Å²) in [4.78, 5) is 4.24. The van der Waals surface area contributed by atoms with Crippen molar-refractivity contribution >= 4 is 27.7 Å². The van der Waals surface area contributed by atoms with E-state index in [2.05, 4.69) is 20.9 Å². The van der Waals surface area contributed by atoms with E-state index in [4.69, 9.17) is 4.74 Å². The van der Waals surface area contributed by atoms with E-state index in [0.29, 0.717) is 6.10 Å². The molecule has 1 aromatic rings. The second-order valence-corrected chi connectivity index (χ2v) is 4.42. The molecule has 2 rings (SSSR count). The first-order chi connectivity index (χ1) is 5.86. The minimum absolute atomic E-state index is 0.462. The summed E-state index contributed by atoms with van der Waals surface area (Å²) in [5, 5.41) is 1.05. The standard InChI is InChI=1S/C8H8BrNOS/c9-7-2-1-3-10-8(7)12-5-6-4-11-6/h1-3,6H,4-5H2. The van der Waals surface area contributed by atoms with Crippen LogP contribution >= 0.6 is 27.7 Å². The normalized spacial score (nSPS) is 20.9. The van der Waals surface area contributed by atoms with Crippen molar-refractivity contribution in [2.45, 2.75) is 11.1 Å². The van der Waals surface area contributed by atoms with Crippen LogP contribution in [0.4, 0.5) is 0 Å². The number of nitrogens with zero attached hydrogens (tertiary/aromatic N) is 1. The Labute approximate surface area is 83.8 Å². The average Bonchev–Trinajstić information content (AvgIpc) is 2.86. The van der Waals surface area contributed by atoms with Gasteiger partial charge in [0.15, 0.2) is 0 Å². The van der Waals surface area contributed by atoms with Gasteiger partial charge in [0, 0.05) is 16.4 Å². The molecule has 0 amide bonds. The summed E-state index contributed by atoms with van der Waals surface area (Å²) in [6, 6.07) is 3.92. The molecule has 1 aliphatic heterocycles. The summed E-state index contributed by atoms with van der Waals surface area (Å²) in [5.41, 5.74) is 0. The summed E-state index contributed by atoms with van der Waals surface area (Å²) in [7, 11) is 0. The fourth-order valence-corrected chi connectivity index (χ4v) is 2.29. The number of halogens is 1. The minimum Gasteiger partial charge on any atom is -0.372 e. The molecule has 1 aromatic heterocycles. The van der Waals surface area contributed by atoms with E-state index in [-0.39, 0.29) is 0 Å². The lowest BCUT2D eigenvalue weighted by Gasteiger charge is -1.99. The number of thioether (sulfide) groups is 1. The molecular formula is C8H8BrNOS. The van der Waals surface area contributed by atoms with Crippen LogP contribution in [0.1, 0.15) is 0 Å². The molecular weight excluding hydrogens is 238 g/mol. The van der Waals surface area contributed by atoms with Crippen LogP contribution < -0.4 is 0 Å². The van der Waals surface area contributed by atoms with Gasteiger partial charge in [-0.2, -0.15) is 0 Å². The maximum Gasteiger partial charge on any atom is 0.110 e. The van der Waals surface area contributed by atoms with Crippen molar-refractivity contribution in [1.82, 2.24) is 4.98 Å². The minimum atomic E-state index is 0.462. The summed E-state index contributed by atoms with van der Waals surface area (Å²) >= 11 is 5.18. The maximum atomic E-state index is 5.11. The van der Waals surface area contributed by atoms with Crippen LogP contribution in [-0.4, -0.2) is 23.4 Å². The molecule has 0 radical (unpaired) electrons. The number of aromatic nitrogens is 1. The third-order valence-corrected chi connectivity index (χ3v) is 3.57. The Morgan fingerprint density at radius 3 is 3.25 bits per heavy atom. The van der Waals surface area contributed by atoms with Crippen molar-refractivity contribution in [2.75, 3.05) is 12.4 Å². The monoisotopic (exact) mass is 245 g/mol. The molecule has 0 N–H and O–H groups in total. The Morgan fingerprint density at radius 1 is 1.75 bits per heavy atom. The number of rotatable bonds is 3. The Kier molecular flexibility index (Phi) is 2.68. The van der Waals surface area contributed by atoms with Gasteiger partial charge in [0.1, 0.15) is 5.03 Å². The fourth-order valence-electron chi connectivity index (χ4n) is 0.814. The van der Waals surface area contributed by atoms with Gasteiger partial charge in [-0.15, -0.1) is 11.8 Å². The molecule has 0 bridgehead atoms. The van der Waals surface area contributed by atoms with Crippen LogP contribution in [0.3, 0.4) is 0 Å². The highest BCUT2D eigenvalue weighted by Gasteiger charge is 2.22. The molecule has 2 nitrogen and oxygen atoms in total. The number of epoxide rings is 1. The van der Waals surface area contributed by atoms with Gasteiger partial charge in [0.2, 0.25) is 0 Å². The van der Waals surface area contributed by atoms with Gasteiger partial charge in [-0.05, 0) is 28.1 Å². The number of hydrogen-bond donors (Lipinski definition) is 0. The molecule has 1 unspecified atom stereocenters. The van der Waals surface area contributed by atoms with Gasteiger partial charge in [-0.3, -0.25) is 0 Å². The van der Waals surface area contributed by atoms with E-state index in [1.165, 1.54) is 0 Å². The predicted octanol–water partition coefficient (Wildman–Crippen LogP) is 2.33. The van der Waals surface area contributed by atoms with Crippen LogP contribution in [0.15, 0.2) is 27.8 Å². The SMILES string of the molecule is Brc1cccnc1SCC1CO1. The van der Waals surface area contributed by atoms with Crippen molar-refractivity contribution in [3.8, 4) is 0 Å². The zero-order chi connectivity index (χ0) is 8.39. The van der Waals surface area contributed by atoms with Gasteiger partial charge in [-0.25, -0.2) is 4.98 Å². The number of pyridine rings is 1. The molecule has 0 aliphatic carbocycles. The van der Waals surface area contributed by atoms with E-state index in [1.54, 1.807) is 18.0 Å². The third kappa shape index (κ3) is 2.21. The number of hydrogen-bond acceptors (Lipinski definition) is 3. The van der Waals surface area contributed by atoms with Gasteiger partial charge >= 0.3 is 0 Å². The quantitative estimate of drug-likeness (QED) is 0.604. The fraction of sp³-hybridized carbons (Fsp3) is 0.375. The lowest BCUT2D eigenvalue weighted by molar-refractivity contribution is 0.426. The molecule has 4 heteroatoms. The van der Waals surface area contributed by atoms with Gasteiger partial charge < -0.3 is 4.74 Å². The van der Waals surface area contributed by atoms with Crippen molar-refractivity contribution < 1.29 is 4.74 Å². The highest BCUT2D eigenvalue weighted by atomic mass is 79.9. The van der Waals surface area contributed by atoms with Crippen molar-refractivity contribution in [1.29, 1.82) is 0 Å². The Bertz CT molecular complexity index is 278. The maximum absolute atomic E-state index is 5.11. The largest absolute Gasteiger partial charge is 0.372 e. The van der Waals surface area contributed by atoms with Crippen LogP contribution in [0.5, 0.6) is 0 Å². The highest BCUT2D eigenvalue weighted by molar-refractivity contribution is 9.10. The predicted molar refractivity (Wildman–Crippen MR) is 52.4 cm³/mol. The lowest BCUT2D eigenvalue weighted by atomic mass is 10.5. The van der Waals surface area contributed by atoms with Crippen LogP contribution in [0.2, 0.25) is 0 Å². The summed E-state index contributed by atoms with van der Waals surface area (Å²) < 4.78 is 6.17. The van der Waals surface area contributed by atoms with E-state index in [0.717, 1.165) is 21.9 Å². The molecule has 1 saturated heterocycles. The number of ether oxygens (including phenoxy) is 1. The Morgan fingerprint density at radius 2 is 2.58 bits per heavy atom. The molecule has 0 saturated carbocycles. The first-order valence-corrected chi connectivity index (χ1v) is 5.49. The summed E-state index contributed by atoms with van der Waals surface area (Å²) in [5.74, 6) is 1.01. The summed E-state index contributed by atoms with van der Waals surface area (Å²) in [6.07, 6.45) is 2.27. The molecule has 1 atom stereocenters. The molecule has 0 spiro atoms. The zero-order valence-corrected chi connectivity index (χ0v) is 8.77. The third-order valence-electron chi connectivity index (χ3n) is 1.53. The smallest absolute Gasteiger partial charge is 0.110 e. The topological polar surface area (TPSA) is 25.4 Å². The van der Waals surface area contributed by atoms with Gasteiger partial charge in [0.05, 0.1) is 12.7 Å². The van der Waals surface area contributed by atoms with E-state index in [9.17, 15) is 0 Å². The molecule has 64 valence electrons. The first-order valence-electron chi connectivity index (χ1n) is 3.71. The van der Waals surface area contributed by atoms with Crippen LogP contribution in [-0.2, 0) is 4.74 Å². The second kappa shape index (κ2) is 3.77. The molecule has 2 heterocycles. The Balaban J connectivity index is 1.96. The molecule has 1 fully saturated rings. The van der Waals surface area contributed by atoms with E-state index >= 15 is 0 Å². The highest BCUT2D eigenvalue weighted by Crippen LogP contribution is 2.27. The van der Waals surface area contributed by atoms with Gasteiger partial charge in [-0.1, -0.05) is 0 Å². The Hall–Kier alpha value is -0.0600. The molecule has 12 heavy (non-hydrogen) atoms. The van der Waals surface area contributed by atoms with Crippen molar-refractivity contribution in [2.24, 2.45) is 0 Å². The van der Waals surface area contributed by atoms with Gasteiger partial charge in [0.25, 0.3) is 0 Å².